The van der Waals surface area contributed by atoms with E-state index in [1.165, 1.54) is 51.5 Å². The summed E-state index contributed by atoms with van der Waals surface area (Å²) in [4.78, 5) is 2.49. The average molecular weight is 226 g/mol. The Morgan fingerprint density at radius 1 is 1.25 bits per heavy atom. The molecule has 0 aliphatic heterocycles. The highest BCUT2D eigenvalue weighted by atomic mass is 15.1. The van der Waals surface area contributed by atoms with Crippen LogP contribution in [0.15, 0.2) is 0 Å². The fourth-order valence-corrected chi connectivity index (χ4v) is 2.61. The van der Waals surface area contributed by atoms with E-state index < -0.39 is 0 Å². The molecule has 0 aromatic rings. The van der Waals surface area contributed by atoms with E-state index in [0.29, 0.717) is 0 Å². The number of nitrogens with zero attached hydrogens (tertiary/aromatic N) is 1. The number of hydrogen-bond donors (Lipinski definition) is 1. The molecule has 1 fully saturated rings. The van der Waals surface area contributed by atoms with E-state index in [1.54, 1.807) is 0 Å². The van der Waals surface area contributed by atoms with Crippen molar-refractivity contribution in [1.82, 2.24) is 10.2 Å². The third kappa shape index (κ3) is 5.31. The Hall–Kier alpha value is -0.0800. The second-order valence-corrected chi connectivity index (χ2v) is 5.41. The van der Waals surface area contributed by atoms with Crippen molar-refractivity contribution in [3.05, 3.63) is 0 Å². The lowest BCUT2D eigenvalue weighted by Gasteiger charge is -2.27. The molecule has 1 unspecified atom stereocenters. The maximum atomic E-state index is 3.71. The van der Waals surface area contributed by atoms with Crippen molar-refractivity contribution in [2.75, 3.05) is 20.1 Å². The van der Waals surface area contributed by atoms with E-state index in [2.05, 4.69) is 31.1 Å². The lowest BCUT2D eigenvalue weighted by atomic mass is 9.95. The molecule has 1 atom stereocenters. The van der Waals surface area contributed by atoms with Crippen LogP contribution in [0, 0.1) is 0 Å². The molecule has 96 valence electrons. The van der Waals surface area contributed by atoms with Crippen molar-refractivity contribution in [2.24, 2.45) is 0 Å². The molecule has 1 N–H and O–H groups in total. The predicted octanol–water partition coefficient (Wildman–Crippen LogP) is 3.03. The highest BCUT2D eigenvalue weighted by Gasteiger charge is 2.13. The topological polar surface area (TPSA) is 15.3 Å². The summed E-state index contributed by atoms with van der Waals surface area (Å²) in [5, 5.41) is 3.71. The first-order valence-corrected chi connectivity index (χ1v) is 7.17. The van der Waals surface area contributed by atoms with Gasteiger partial charge < -0.3 is 10.2 Å². The first-order valence-electron chi connectivity index (χ1n) is 7.17. The van der Waals surface area contributed by atoms with Crippen molar-refractivity contribution >= 4 is 0 Å². The summed E-state index contributed by atoms with van der Waals surface area (Å²) >= 11 is 0. The summed E-state index contributed by atoms with van der Waals surface area (Å²) in [5.74, 6) is 0. The summed E-state index contributed by atoms with van der Waals surface area (Å²) in [6.45, 7) is 6.96. The standard InChI is InChI=1S/C14H30N2/c1-4-8-13(2)16(3)12-11-15-14-9-6-5-7-10-14/h13-15H,4-12H2,1-3H3. The van der Waals surface area contributed by atoms with Gasteiger partial charge in [0.2, 0.25) is 0 Å². The smallest absolute Gasteiger partial charge is 0.0107 e. The fraction of sp³-hybridized carbons (Fsp3) is 1.00. The summed E-state index contributed by atoms with van der Waals surface area (Å²) in [6.07, 6.45) is 9.72. The van der Waals surface area contributed by atoms with Crippen LogP contribution in [-0.2, 0) is 0 Å². The van der Waals surface area contributed by atoms with Gasteiger partial charge >= 0.3 is 0 Å². The normalized spacial score (nSPS) is 20.2. The molecule has 0 saturated heterocycles. The molecule has 0 radical (unpaired) electrons. The second-order valence-electron chi connectivity index (χ2n) is 5.41. The lowest BCUT2D eigenvalue weighted by molar-refractivity contribution is 0.237. The fourth-order valence-electron chi connectivity index (χ4n) is 2.61. The van der Waals surface area contributed by atoms with Gasteiger partial charge in [0, 0.05) is 25.2 Å². The van der Waals surface area contributed by atoms with Crippen molar-refractivity contribution < 1.29 is 0 Å². The Morgan fingerprint density at radius 2 is 1.94 bits per heavy atom. The van der Waals surface area contributed by atoms with Gasteiger partial charge in [0.25, 0.3) is 0 Å². The highest BCUT2D eigenvalue weighted by Crippen LogP contribution is 2.17. The maximum Gasteiger partial charge on any atom is 0.0107 e. The van der Waals surface area contributed by atoms with Gasteiger partial charge in [-0.15, -0.1) is 0 Å². The van der Waals surface area contributed by atoms with Gasteiger partial charge in [0.1, 0.15) is 0 Å². The number of hydrogen-bond acceptors (Lipinski definition) is 2. The van der Waals surface area contributed by atoms with Crippen LogP contribution >= 0.6 is 0 Å². The Labute approximate surface area is 102 Å². The van der Waals surface area contributed by atoms with Gasteiger partial charge in [-0.3, -0.25) is 0 Å². The van der Waals surface area contributed by atoms with E-state index in [4.69, 9.17) is 0 Å². The molecule has 0 spiro atoms. The van der Waals surface area contributed by atoms with Crippen LogP contribution in [0.4, 0.5) is 0 Å². The van der Waals surface area contributed by atoms with E-state index in [-0.39, 0.29) is 0 Å². The Balaban J connectivity index is 2.04. The SMILES string of the molecule is CCCC(C)N(C)CCNC1CCCCC1. The maximum absolute atomic E-state index is 3.71. The Kier molecular flexibility index (Phi) is 7.06. The average Bonchev–Trinajstić information content (AvgIpc) is 2.30. The largest absolute Gasteiger partial charge is 0.313 e. The summed E-state index contributed by atoms with van der Waals surface area (Å²) in [5.41, 5.74) is 0. The van der Waals surface area contributed by atoms with Crippen LogP contribution < -0.4 is 5.32 Å². The molecule has 1 rings (SSSR count). The van der Waals surface area contributed by atoms with Crippen LogP contribution in [0.1, 0.15) is 58.8 Å². The van der Waals surface area contributed by atoms with E-state index >= 15 is 0 Å². The highest BCUT2D eigenvalue weighted by molar-refractivity contribution is 4.73. The van der Waals surface area contributed by atoms with Gasteiger partial charge in [-0.05, 0) is 33.2 Å². The van der Waals surface area contributed by atoms with Crippen molar-refractivity contribution in [3.8, 4) is 0 Å². The molecular weight excluding hydrogens is 196 g/mol. The zero-order valence-electron chi connectivity index (χ0n) is 11.5. The number of rotatable bonds is 7. The third-order valence-corrected chi connectivity index (χ3v) is 3.96. The van der Waals surface area contributed by atoms with Gasteiger partial charge in [0.15, 0.2) is 0 Å². The van der Waals surface area contributed by atoms with Gasteiger partial charge in [-0.2, -0.15) is 0 Å². The van der Waals surface area contributed by atoms with Gasteiger partial charge in [-0.1, -0.05) is 32.6 Å². The second kappa shape index (κ2) is 8.08. The molecule has 0 aromatic carbocycles. The monoisotopic (exact) mass is 226 g/mol. The minimum Gasteiger partial charge on any atom is -0.313 e. The third-order valence-electron chi connectivity index (χ3n) is 3.96. The van der Waals surface area contributed by atoms with Gasteiger partial charge in [-0.25, -0.2) is 0 Å². The molecule has 1 saturated carbocycles. The molecule has 16 heavy (non-hydrogen) atoms. The number of likely N-dealkylation sites (N-methyl/N-ethyl adjacent to an activating group) is 1. The zero-order chi connectivity index (χ0) is 11.8. The van der Waals surface area contributed by atoms with Crippen molar-refractivity contribution in [1.29, 1.82) is 0 Å². The molecule has 0 aromatic heterocycles. The van der Waals surface area contributed by atoms with Crippen LogP contribution in [-0.4, -0.2) is 37.1 Å². The van der Waals surface area contributed by atoms with Crippen LogP contribution in [0.25, 0.3) is 0 Å². The first-order chi connectivity index (χ1) is 7.74. The first kappa shape index (κ1) is 14.0. The van der Waals surface area contributed by atoms with Crippen LogP contribution in [0.5, 0.6) is 0 Å². The Morgan fingerprint density at radius 3 is 2.56 bits per heavy atom. The molecule has 2 nitrogen and oxygen atoms in total. The van der Waals surface area contributed by atoms with Crippen LogP contribution in [0.2, 0.25) is 0 Å². The molecule has 0 amide bonds. The minimum absolute atomic E-state index is 0.734. The molecule has 0 heterocycles. The molecule has 1 aliphatic carbocycles. The van der Waals surface area contributed by atoms with Gasteiger partial charge in [0.05, 0.1) is 0 Å². The summed E-state index contributed by atoms with van der Waals surface area (Å²) < 4.78 is 0. The molecule has 0 bridgehead atoms. The van der Waals surface area contributed by atoms with Crippen molar-refractivity contribution in [2.45, 2.75) is 70.9 Å². The zero-order valence-corrected chi connectivity index (χ0v) is 11.5. The van der Waals surface area contributed by atoms with Crippen molar-refractivity contribution in [3.63, 3.8) is 0 Å². The predicted molar refractivity (Wildman–Crippen MR) is 71.9 cm³/mol. The summed E-state index contributed by atoms with van der Waals surface area (Å²) in [6, 6.07) is 1.54. The molecule has 2 heteroatoms. The Bertz CT molecular complexity index is 164. The minimum atomic E-state index is 0.734. The molecular formula is C14H30N2. The van der Waals surface area contributed by atoms with E-state index in [9.17, 15) is 0 Å². The number of nitrogens with one attached hydrogen (secondary N) is 1. The summed E-state index contributed by atoms with van der Waals surface area (Å²) in [7, 11) is 2.25. The van der Waals surface area contributed by atoms with Crippen LogP contribution in [0.3, 0.4) is 0 Å². The van der Waals surface area contributed by atoms with E-state index in [1.807, 2.05) is 0 Å². The lowest BCUT2D eigenvalue weighted by Crippen LogP contribution is -2.39. The quantitative estimate of drug-likeness (QED) is 0.718. The molecule has 1 aliphatic rings. The van der Waals surface area contributed by atoms with E-state index in [0.717, 1.165) is 18.6 Å².